The molecular weight excluding hydrogens is 357 g/mol. The SMILES string of the molecule is COc1ccc(C(=O)C2CCN(C(=O)C3CC3c3ccc(F)cc3)CC2)cc1. The first kappa shape index (κ1) is 18.7. The number of nitrogens with zero attached hydrogens (tertiary/aromatic N) is 1. The van der Waals surface area contributed by atoms with Crippen molar-refractivity contribution in [3.05, 3.63) is 65.5 Å². The van der Waals surface area contributed by atoms with E-state index in [-0.39, 0.29) is 35.3 Å². The molecule has 146 valence electrons. The lowest BCUT2D eigenvalue weighted by Gasteiger charge is -2.31. The lowest BCUT2D eigenvalue weighted by molar-refractivity contribution is -0.133. The molecule has 2 aromatic rings. The van der Waals surface area contributed by atoms with E-state index in [1.807, 2.05) is 4.90 Å². The zero-order valence-corrected chi connectivity index (χ0v) is 15.9. The summed E-state index contributed by atoms with van der Waals surface area (Å²) in [5.41, 5.74) is 1.73. The number of carbonyl (C=O) groups excluding carboxylic acids is 2. The van der Waals surface area contributed by atoms with Gasteiger partial charge in [-0.15, -0.1) is 0 Å². The van der Waals surface area contributed by atoms with Crippen LogP contribution in [0.3, 0.4) is 0 Å². The molecule has 2 atom stereocenters. The molecule has 1 aliphatic carbocycles. The summed E-state index contributed by atoms with van der Waals surface area (Å²) in [5.74, 6) is 0.957. The molecule has 0 aromatic heterocycles. The second kappa shape index (κ2) is 7.74. The van der Waals surface area contributed by atoms with E-state index in [1.54, 1.807) is 43.5 Å². The lowest BCUT2D eigenvalue weighted by atomic mass is 9.88. The third-order valence-corrected chi connectivity index (χ3v) is 5.96. The van der Waals surface area contributed by atoms with Crippen molar-refractivity contribution in [2.24, 2.45) is 11.8 Å². The molecule has 1 heterocycles. The Labute approximate surface area is 164 Å². The van der Waals surface area contributed by atoms with Crippen molar-refractivity contribution in [3.63, 3.8) is 0 Å². The number of rotatable bonds is 5. The third-order valence-electron chi connectivity index (χ3n) is 5.96. The van der Waals surface area contributed by atoms with Crippen molar-refractivity contribution >= 4 is 11.7 Å². The number of piperidine rings is 1. The lowest BCUT2D eigenvalue weighted by Crippen LogP contribution is -2.41. The monoisotopic (exact) mass is 381 g/mol. The van der Waals surface area contributed by atoms with Crippen LogP contribution in [-0.4, -0.2) is 36.8 Å². The summed E-state index contributed by atoms with van der Waals surface area (Å²) in [6, 6.07) is 13.6. The van der Waals surface area contributed by atoms with Gasteiger partial charge in [-0.05, 0) is 67.1 Å². The van der Waals surface area contributed by atoms with E-state index in [0.29, 0.717) is 31.5 Å². The van der Waals surface area contributed by atoms with Gasteiger partial charge in [-0.1, -0.05) is 12.1 Å². The second-order valence-corrected chi connectivity index (χ2v) is 7.69. The highest BCUT2D eigenvalue weighted by Crippen LogP contribution is 2.48. The standard InChI is InChI=1S/C23H24FNO3/c1-28-19-8-4-16(5-9-19)22(26)17-10-12-25(13-11-17)23(27)21-14-20(21)15-2-6-18(24)7-3-15/h2-9,17,20-21H,10-14H2,1H3. The number of halogens is 1. The van der Waals surface area contributed by atoms with Gasteiger partial charge in [0.15, 0.2) is 5.78 Å². The number of carbonyl (C=O) groups is 2. The minimum atomic E-state index is -0.254. The maximum Gasteiger partial charge on any atom is 0.226 e. The smallest absolute Gasteiger partial charge is 0.226 e. The number of methoxy groups -OCH3 is 1. The van der Waals surface area contributed by atoms with Crippen LogP contribution >= 0.6 is 0 Å². The molecule has 1 aliphatic heterocycles. The van der Waals surface area contributed by atoms with Crippen LogP contribution < -0.4 is 4.74 Å². The van der Waals surface area contributed by atoms with E-state index >= 15 is 0 Å². The normalized spacial score (nSPS) is 22.0. The number of ketones is 1. The molecule has 2 unspecified atom stereocenters. The van der Waals surface area contributed by atoms with Crippen LogP contribution in [0.1, 0.15) is 41.1 Å². The van der Waals surface area contributed by atoms with Crippen molar-refractivity contribution in [3.8, 4) is 5.75 Å². The zero-order chi connectivity index (χ0) is 19.7. The Morgan fingerprint density at radius 1 is 1.00 bits per heavy atom. The predicted molar refractivity (Wildman–Crippen MR) is 104 cm³/mol. The van der Waals surface area contributed by atoms with Crippen molar-refractivity contribution < 1.29 is 18.7 Å². The molecule has 1 amide bonds. The maximum atomic E-state index is 13.1. The highest BCUT2D eigenvalue weighted by molar-refractivity contribution is 5.98. The van der Waals surface area contributed by atoms with E-state index in [1.165, 1.54) is 12.1 Å². The van der Waals surface area contributed by atoms with Crippen molar-refractivity contribution in [2.75, 3.05) is 20.2 Å². The molecule has 4 nitrogen and oxygen atoms in total. The number of hydrogen-bond acceptors (Lipinski definition) is 3. The summed E-state index contributed by atoms with van der Waals surface area (Å²) in [7, 11) is 1.60. The Bertz CT molecular complexity index is 854. The van der Waals surface area contributed by atoms with Gasteiger partial charge in [0, 0.05) is 30.5 Å². The van der Waals surface area contributed by atoms with E-state index in [0.717, 1.165) is 17.7 Å². The maximum absolute atomic E-state index is 13.1. The van der Waals surface area contributed by atoms with Gasteiger partial charge in [0.1, 0.15) is 11.6 Å². The molecule has 2 aliphatic rings. The second-order valence-electron chi connectivity index (χ2n) is 7.69. The molecule has 2 fully saturated rings. The van der Waals surface area contributed by atoms with E-state index < -0.39 is 0 Å². The topological polar surface area (TPSA) is 46.6 Å². The minimum Gasteiger partial charge on any atom is -0.497 e. The van der Waals surface area contributed by atoms with Gasteiger partial charge in [0.25, 0.3) is 0 Å². The van der Waals surface area contributed by atoms with Gasteiger partial charge in [-0.25, -0.2) is 4.39 Å². The van der Waals surface area contributed by atoms with Crippen LogP contribution in [0, 0.1) is 17.7 Å². The highest BCUT2D eigenvalue weighted by Gasteiger charge is 2.46. The largest absolute Gasteiger partial charge is 0.497 e. The molecule has 1 saturated heterocycles. The predicted octanol–water partition coefficient (Wildman–Crippen LogP) is 4.06. The fourth-order valence-corrected chi connectivity index (χ4v) is 4.13. The third kappa shape index (κ3) is 3.79. The number of hydrogen-bond donors (Lipinski definition) is 0. The zero-order valence-electron chi connectivity index (χ0n) is 15.9. The highest BCUT2D eigenvalue weighted by atomic mass is 19.1. The van der Waals surface area contributed by atoms with Crippen LogP contribution in [0.2, 0.25) is 0 Å². The van der Waals surface area contributed by atoms with Crippen LogP contribution in [0.25, 0.3) is 0 Å². The summed E-state index contributed by atoms with van der Waals surface area (Å²) in [6.07, 6.45) is 2.23. The summed E-state index contributed by atoms with van der Waals surface area (Å²) < 4.78 is 18.2. The molecule has 1 saturated carbocycles. The number of amides is 1. The molecule has 28 heavy (non-hydrogen) atoms. The Morgan fingerprint density at radius 3 is 2.25 bits per heavy atom. The molecule has 2 aromatic carbocycles. The Balaban J connectivity index is 1.31. The van der Waals surface area contributed by atoms with Crippen molar-refractivity contribution in [1.82, 2.24) is 4.90 Å². The molecule has 0 N–H and O–H groups in total. The average molecular weight is 381 g/mol. The van der Waals surface area contributed by atoms with Gasteiger partial charge < -0.3 is 9.64 Å². The summed E-state index contributed by atoms with van der Waals surface area (Å²) in [4.78, 5) is 27.4. The molecular formula is C23H24FNO3. The molecule has 4 rings (SSSR count). The van der Waals surface area contributed by atoms with Crippen LogP contribution in [0.4, 0.5) is 4.39 Å². The van der Waals surface area contributed by atoms with Gasteiger partial charge in [0.2, 0.25) is 5.91 Å². The van der Waals surface area contributed by atoms with Gasteiger partial charge >= 0.3 is 0 Å². The van der Waals surface area contributed by atoms with E-state index in [4.69, 9.17) is 4.74 Å². The van der Waals surface area contributed by atoms with E-state index in [2.05, 4.69) is 0 Å². The first-order valence-corrected chi connectivity index (χ1v) is 9.79. The fraction of sp³-hybridized carbons (Fsp3) is 0.391. The Morgan fingerprint density at radius 2 is 1.64 bits per heavy atom. The number of Topliss-reactive ketones (excluding diaryl/α,β-unsaturated/α-hetero) is 1. The molecule has 0 spiro atoms. The fourth-order valence-electron chi connectivity index (χ4n) is 4.13. The number of benzene rings is 2. The summed E-state index contributed by atoms with van der Waals surface area (Å²) in [5, 5.41) is 0. The quantitative estimate of drug-likeness (QED) is 0.734. The number of ether oxygens (including phenoxy) is 1. The van der Waals surface area contributed by atoms with Crippen molar-refractivity contribution in [2.45, 2.75) is 25.2 Å². The van der Waals surface area contributed by atoms with E-state index in [9.17, 15) is 14.0 Å². The molecule has 0 radical (unpaired) electrons. The summed E-state index contributed by atoms with van der Waals surface area (Å²) in [6.45, 7) is 1.25. The van der Waals surface area contributed by atoms with Crippen LogP contribution in [0.15, 0.2) is 48.5 Å². The molecule has 5 heteroatoms. The number of likely N-dealkylation sites (tertiary alicyclic amines) is 1. The minimum absolute atomic E-state index is 0.000647. The Kier molecular flexibility index (Phi) is 5.16. The Hall–Kier alpha value is -2.69. The first-order chi connectivity index (χ1) is 13.6. The van der Waals surface area contributed by atoms with Crippen molar-refractivity contribution in [1.29, 1.82) is 0 Å². The first-order valence-electron chi connectivity index (χ1n) is 9.79. The van der Waals surface area contributed by atoms with Gasteiger partial charge in [-0.3, -0.25) is 9.59 Å². The summed E-state index contributed by atoms with van der Waals surface area (Å²) >= 11 is 0. The molecule has 0 bridgehead atoms. The van der Waals surface area contributed by atoms with Gasteiger partial charge in [-0.2, -0.15) is 0 Å². The van der Waals surface area contributed by atoms with Crippen LogP contribution in [-0.2, 0) is 4.79 Å². The van der Waals surface area contributed by atoms with Gasteiger partial charge in [0.05, 0.1) is 7.11 Å². The van der Waals surface area contributed by atoms with Crippen LogP contribution in [0.5, 0.6) is 5.75 Å². The average Bonchev–Trinajstić information content (AvgIpc) is 3.54.